The molecule has 0 unspecified atom stereocenters. The Hall–Kier alpha value is -1.97. The van der Waals surface area contributed by atoms with Gasteiger partial charge in [-0.3, -0.25) is 0 Å². The van der Waals surface area contributed by atoms with Crippen molar-refractivity contribution in [2.45, 2.75) is 6.92 Å². The third-order valence-corrected chi connectivity index (χ3v) is 1.86. The average molecular weight is 206 g/mol. The maximum atomic E-state index is 11.0. The highest BCUT2D eigenvalue weighted by atomic mass is 16.5. The van der Waals surface area contributed by atoms with Crippen LogP contribution < -0.4 is 11.5 Å². The van der Waals surface area contributed by atoms with E-state index < -0.39 is 0 Å². The van der Waals surface area contributed by atoms with E-state index in [1.54, 1.807) is 31.2 Å². The molecule has 0 aromatic heterocycles. The fourth-order valence-corrected chi connectivity index (χ4v) is 1.10. The Morgan fingerprint density at radius 3 is 2.87 bits per heavy atom. The fourth-order valence-electron chi connectivity index (χ4n) is 1.10. The smallest absolute Gasteiger partial charge is 0.330 e. The molecule has 0 spiro atoms. The lowest BCUT2D eigenvalue weighted by Gasteiger charge is -2.03. The molecule has 4 nitrogen and oxygen atoms in total. The Kier molecular flexibility index (Phi) is 3.74. The molecule has 80 valence electrons. The van der Waals surface area contributed by atoms with Gasteiger partial charge in [0.2, 0.25) is 0 Å². The van der Waals surface area contributed by atoms with E-state index >= 15 is 0 Å². The number of nitrogens with two attached hydrogens (primary N) is 2. The van der Waals surface area contributed by atoms with Crippen LogP contribution in [0, 0.1) is 0 Å². The van der Waals surface area contributed by atoms with Crippen molar-refractivity contribution in [3.8, 4) is 0 Å². The van der Waals surface area contributed by atoms with Crippen molar-refractivity contribution in [2.75, 3.05) is 18.1 Å². The van der Waals surface area contributed by atoms with Gasteiger partial charge in [-0.1, -0.05) is 12.1 Å². The number of esters is 1. The van der Waals surface area contributed by atoms with Gasteiger partial charge in [-0.2, -0.15) is 0 Å². The molecule has 4 heteroatoms. The lowest BCUT2D eigenvalue weighted by atomic mass is 10.1. The van der Waals surface area contributed by atoms with Crippen molar-refractivity contribution in [3.05, 3.63) is 29.8 Å². The summed E-state index contributed by atoms with van der Waals surface area (Å²) in [6, 6.07) is 5.26. The molecule has 0 saturated heterocycles. The van der Waals surface area contributed by atoms with Crippen LogP contribution in [0.4, 0.5) is 11.4 Å². The summed E-state index contributed by atoms with van der Waals surface area (Å²) in [5.74, 6) is -0.390. The van der Waals surface area contributed by atoms with Gasteiger partial charge in [-0.25, -0.2) is 4.79 Å². The highest BCUT2D eigenvalue weighted by molar-refractivity contribution is 5.89. The standard InChI is InChI=1S/C11H14N2O2/c1-2-15-10(14)7-6-8-4-3-5-9(12)11(8)13/h3-7H,2,12-13H2,1H3. The zero-order valence-corrected chi connectivity index (χ0v) is 8.57. The summed E-state index contributed by atoms with van der Waals surface area (Å²) in [6.07, 6.45) is 2.92. The second-order valence-corrected chi connectivity index (χ2v) is 2.94. The average Bonchev–Trinajstić information content (AvgIpc) is 2.21. The first-order chi connectivity index (χ1) is 7.15. The van der Waals surface area contributed by atoms with E-state index in [-0.39, 0.29) is 5.97 Å². The summed E-state index contributed by atoms with van der Waals surface area (Å²) in [7, 11) is 0. The van der Waals surface area contributed by atoms with E-state index in [2.05, 4.69) is 0 Å². The Balaban J connectivity index is 2.81. The van der Waals surface area contributed by atoms with Crippen LogP contribution in [-0.2, 0) is 9.53 Å². The van der Waals surface area contributed by atoms with Crippen molar-refractivity contribution in [3.63, 3.8) is 0 Å². The number of ether oxygens (including phenoxy) is 1. The first kappa shape index (κ1) is 11.1. The molecule has 1 aromatic carbocycles. The fraction of sp³-hybridized carbons (Fsp3) is 0.182. The van der Waals surface area contributed by atoms with Gasteiger partial charge in [-0.05, 0) is 24.6 Å². The maximum absolute atomic E-state index is 11.0. The predicted octanol–water partition coefficient (Wildman–Crippen LogP) is 1.43. The summed E-state index contributed by atoms with van der Waals surface area (Å²) in [6.45, 7) is 2.11. The zero-order valence-electron chi connectivity index (χ0n) is 8.57. The highest BCUT2D eigenvalue weighted by Crippen LogP contribution is 2.20. The third-order valence-electron chi connectivity index (χ3n) is 1.86. The van der Waals surface area contributed by atoms with Crippen LogP contribution in [0.3, 0.4) is 0 Å². The molecule has 0 fully saturated rings. The first-order valence-electron chi connectivity index (χ1n) is 4.64. The lowest BCUT2D eigenvalue weighted by Crippen LogP contribution is -2.00. The lowest BCUT2D eigenvalue weighted by molar-refractivity contribution is -0.137. The summed E-state index contributed by atoms with van der Waals surface area (Å²) < 4.78 is 4.74. The number of nitrogen functional groups attached to an aromatic ring is 2. The van der Waals surface area contributed by atoms with Crippen molar-refractivity contribution in [1.82, 2.24) is 0 Å². The van der Waals surface area contributed by atoms with Crippen molar-refractivity contribution < 1.29 is 9.53 Å². The van der Waals surface area contributed by atoms with E-state index in [1.807, 2.05) is 0 Å². The molecule has 0 bridgehead atoms. The van der Waals surface area contributed by atoms with Crippen molar-refractivity contribution in [1.29, 1.82) is 0 Å². The minimum Gasteiger partial charge on any atom is -0.463 e. The number of carbonyl (C=O) groups is 1. The monoisotopic (exact) mass is 206 g/mol. The number of carbonyl (C=O) groups excluding carboxylic acids is 1. The quantitative estimate of drug-likeness (QED) is 0.445. The maximum Gasteiger partial charge on any atom is 0.330 e. The molecular weight excluding hydrogens is 192 g/mol. The van der Waals surface area contributed by atoms with Crippen LogP contribution >= 0.6 is 0 Å². The predicted molar refractivity (Wildman–Crippen MR) is 60.9 cm³/mol. The number of rotatable bonds is 3. The molecule has 1 aromatic rings. The molecule has 0 aliphatic heterocycles. The number of hydrogen-bond donors (Lipinski definition) is 2. The van der Waals surface area contributed by atoms with Crippen LogP contribution in [0.5, 0.6) is 0 Å². The van der Waals surface area contributed by atoms with E-state index in [0.29, 0.717) is 23.5 Å². The van der Waals surface area contributed by atoms with Crippen LogP contribution in [0.2, 0.25) is 0 Å². The van der Waals surface area contributed by atoms with Gasteiger partial charge < -0.3 is 16.2 Å². The largest absolute Gasteiger partial charge is 0.463 e. The highest BCUT2D eigenvalue weighted by Gasteiger charge is 1.99. The molecule has 0 saturated carbocycles. The molecule has 0 amide bonds. The van der Waals surface area contributed by atoms with Gasteiger partial charge in [0.05, 0.1) is 18.0 Å². The number of benzene rings is 1. The molecule has 0 atom stereocenters. The first-order valence-corrected chi connectivity index (χ1v) is 4.64. The minimum absolute atomic E-state index is 0.357. The molecule has 4 N–H and O–H groups in total. The van der Waals surface area contributed by atoms with Crippen LogP contribution in [-0.4, -0.2) is 12.6 Å². The van der Waals surface area contributed by atoms with Crippen molar-refractivity contribution >= 4 is 23.4 Å². The summed E-state index contributed by atoms with van der Waals surface area (Å²) >= 11 is 0. The number of para-hydroxylation sites is 1. The van der Waals surface area contributed by atoms with E-state index in [1.165, 1.54) is 6.08 Å². The van der Waals surface area contributed by atoms with Gasteiger partial charge in [0, 0.05) is 6.08 Å². The zero-order chi connectivity index (χ0) is 11.3. The summed E-state index contributed by atoms with van der Waals surface area (Å²) in [5, 5.41) is 0. The van der Waals surface area contributed by atoms with Crippen LogP contribution in [0.25, 0.3) is 6.08 Å². The van der Waals surface area contributed by atoms with Gasteiger partial charge in [0.15, 0.2) is 0 Å². The second-order valence-electron chi connectivity index (χ2n) is 2.94. The Bertz CT molecular complexity index is 386. The Morgan fingerprint density at radius 2 is 2.20 bits per heavy atom. The Labute approximate surface area is 88.5 Å². The molecule has 0 aliphatic rings. The summed E-state index contributed by atoms with van der Waals surface area (Å²) in [5.41, 5.74) is 13.0. The molecule has 1 rings (SSSR count). The van der Waals surface area contributed by atoms with E-state index in [4.69, 9.17) is 16.2 Å². The van der Waals surface area contributed by atoms with Crippen LogP contribution in [0.15, 0.2) is 24.3 Å². The molecule has 0 heterocycles. The Morgan fingerprint density at radius 1 is 1.47 bits per heavy atom. The molecular formula is C11H14N2O2. The van der Waals surface area contributed by atoms with Crippen LogP contribution in [0.1, 0.15) is 12.5 Å². The van der Waals surface area contributed by atoms with Gasteiger partial charge in [0.1, 0.15) is 0 Å². The third kappa shape index (κ3) is 3.02. The number of anilines is 2. The number of hydrogen-bond acceptors (Lipinski definition) is 4. The second kappa shape index (κ2) is 5.05. The SMILES string of the molecule is CCOC(=O)C=Cc1cccc(N)c1N. The molecule has 15 heavy (non-hydrogen) atoms. The van der Waals surface area contributed by atoms with Gasteiger partial charge in [0.25, 0.3) is 0 Å². The van der Waals surface area contributed by atoms with E-state index in [9.17, 15) is 4.79 Å². The van der Waals surface area contributed by atoms with Gasteiger partial charge in [-0.15, -0.1) is 0 Å². The normalized spacial score (nSPS) is 10.5. The topological polar surface area (TPSA) is 78.3 Å². The van der Waals surface area contributed by atoms with Crippen molar-refractivity contribution in [2.24, 2.45) is 0 Å². The van der Waals surface area contributed by atoms with E-state index in [0.717, 1.165) is 0 Å². The molecule has 0 aliphatic carbocycles. The molecule has 0 radical (unpaired) electrons. The summed E-state index contributed by atoms with van der Waals surface area (Å²) in [4.78, 5) is 11.0. The minimum atomic E-state index is -0.390. The van der Waals surface area contributed by atoms with Gasteiger partial charge >= 0.3 is 5.97 Å².